The van der Waals surface area contributed by atoms with Crippen LogP contribution >= 0.6 is 11.6 Å². The van der Waals surface area contributed by atoms with Gasteiger partial charge in [0.2, 0.25) is 0 Å². The molecule has 0 heterocycles. The standard InChI is InChI=1S/C12H17ClO2/c1-8-6-11(7-9(2)12(8)13)15-5-4-10(3)14/h6-7,10,14H,4-5H2,1-3H3. The van der Waals surface area contributed by atoms with Crippen molar-refractivity contribution in [2.24, 2.45) is 0 Å². The first-order valence-electron chi connectivity index (χ1n) is 5.08. The van der Waals surface area contributed by atoms with E-state index in [2.05, 4.69) is 0 Å². The zero-order valence-electron chi connectivity index (χ0n) is 9.38. The summed E-state index contributed by atoms with van der Waals surface area (Å²) in [6.45, 7) is 6.19. The number of aliphatic hydroxyl groups excluding tert-OH is 1. The zero-order chi connectivity index (χ0) is 11.4. The molecule has 1 N–H and O–H groups in total. The third-order valence-electron chi connectivity index (χ3n) is 2.21. The van der Waals surface area contributed by atoms with Gasteiger partial charge >= 0.3 is 0 Å². The van der Waals surface area contributed by atoms with Crippen LogP contribution in [0.4, 0.5) is 0 Å². The summed E-state index contributed by atoms with van der Waals surface area (Å²) in [4.78, 5) is 0. The molecule has 1 rings (SSSR count). The molecule has 3 heteroatoms. The molecule has 0 amide bonds. The van der Waals surface area contributed by atoms with E-state index in [9.17, 15) is 0 Å². The number of ether oxygens (including phenoxy) is 1. The van der Waals surface area contributed by atoms with Crippen molar-refractivity contribution in [1.29, 1.82) is 0 Å². The molecule has 2 nitrogen and oxygen atoms in total. The topological polar surface area (TPSA) is 29.5 Å². The van der Waals surface area contributed by atoms with Crippen molar-refractivity contribution < 1.29 is 9.84 Å². The van der Waals surface area contributed by atoms with Crippen LogP contribution in [0.1, 0.15) is 24.5 Å². The van der Waals surface area contributed by atoms with Crippen LogP contribution in [0, 0.1) is 13.8 Å². The van der Waals surface area contributed by atoms with Gasteiger partial charge in [0.25, 0.3) is 0 Å². The predicted octanol–water partition coefficient (Wildman–Crippen LogP) is 3.11. The van der Waals surface area contributed by atoms with Crippen LogP contribution in [0.2, 0.25) is 5.02 Å². The Morgan fingerprint density at radius 2 is 1.87 bits per heavy atom. The van der Waals surface area contributed by atoms with E-state index >= 15 is 0 Å². The molecule has 1 aromatic rings. The van der Waals surface area contributed by atoms with Crippen molar-refractivity contribution in [1.82, 2.24) is 0 Å². The highest BCUT2D eigenvalue weighted by molar-refractivity contribution is 6.32. The number of hydrogen-bond acceptors (Lipinski definition) is 2. The van der Waals surface area contributed by atoms with Gasteiger partial charge in [0, 0.05) is 11.4 Å². The summed E-state index contributed by atoms with van der Waals surface area (Å²) < 4.78 is 5.51. The molecule has 0 fully saturated rings. The SMILES string of the molecule is Cc1cc(OCCC(C)O)cc(C)c1Cl. The first-order chi connectivity index (χ1) is 7.00. The molecular formula is C12H17ClO2. The van der Waals surface area contributed by atoms with Gasteiger partial charge in [0.15, 0.2) is 0 Å². The Bertz CT molecular complexity index is 311. The smallest absolute Gasteiger partial charge is 0.119 e. The number of rotatable bonds is 4. The second-order valence-electron chi connectivity index (χ2n) is 3.86. The number of hydrogen-bond donors (Lipinski definition) is 1. The first kappa shape index (κ1) is 12.3. The second kappa shape index (κ2) is 5.38. The third kappa shape index (κ3) is 3.73. The molecule has 0 aliphatic rings. The molecule has 0 radical (unpaired) electrons. The maximum absolute atomic E-state index is 9.08. The second-order valence-corrected chi connectivity index (χ2v) is 4.24. The monoisotopic (exact) mass is 228 g/mol. The number of aryl methyl sites for hydroxylation is 2. The Labute approximate surface area is 95.8 Å². The van der Waals surface area contributed by atoms with Gasteiger partial charge in [-0.05, 0) is 44.0 Å². The van der Waals surface area contributed by atoms with Crippen LogP contribution in [0.5, 0.6) is 5.75 Å². The van der Waals surface area contributed by atoms with E-state index in [4.69, 9.17) is 21.4 Å². The van der Waals surface area contributed by atoms with E-state index in [0.717, 1.165) is 21.9 Å². The summed E-state index contributed by atoms with van der Waals surface area (Å²) in [5, 5.41) is 9.87. The maximum Gasteiger partial charge on any atom is 0.119 e. The molecule has 0 aromatic heterocycles. The lowest BCUT2D eigenvalue weighted by atomic mass is 10.1. The number of aliphatic hydroxyl groups is 1. The third-order valence-corrected chi connectivity index (χ3v) is 2.81. The molecule has 0 saturated heterocycles. The minimum Gasteiger partial charge on any atom is -0.493 e. The van der Waals surface area contributed by atoms with E-state index in [-0.39, 0.29) is 6.10 Å². The quantitative estimate of drug-likeness (QED) is 0.858. The summed E-state index contributed by atoms with van der Waals surface area (Å²) in [7, 11) is 0. The van der Waals surface area contributed by atoms with E-state index in [1.54, 1.807) is 6.92 Å². The minimum absolute atomic E-state index is 0.320. The molecule has 0 aliphatic heterocycles. The van der Waals surface area contributed by atoms with Crippen molar-refractivity contribution in [2.75, 3.05) is 6.61 Å². The van der Waals surface area contributed by atoms with Crippen LogP contribution in [0.25, 0.3) is 0 Å². The van der Waals surface area contributed by atoms with E-state index < -0.39 is 0 Å². The highest BCUT2D eigenvalue weighted by Crippen LogP contribution is 2.25. The highest BCUT2D eigenvalue weighted by atomic mass is 35.5. The van der Waals surface area contributed by atoms with Crippen molar-refractivity contribution in [3.63, 3.8) is 0 Å². The first-order valence-corrected chi connectivity index (χ1v) is 5.46. The summed E-state index contributed by atoms with van der Waals surface area (Å²) in [5.74, 6) is 0.815. The van der Waals surface area contributed by atoms with E-state index in [0.29, 0.717) is 13.0 Å². The molecule has 1 aromatic carbocycles. The molecule has 0 bridgehead atoms. The summed E-state index contributed by atoms with van der Waals surface area (Å²) in [5.41, 5.74) is 2.03. The zero-order valence-corrected chi connectivity index (χ0v) is 10.1. The van der Waals surface area contributed by atoms with Crippen molar-refractivity contribution in [3.8, 4) is 5.75 Å². The minimum atomic E-state index is -0.320. The van der Waals surface area contributed by atoms with Crippen LogP contribution in [0.3, 0.4) is 0 Å². The maximum atomic E-state index is 9.08. The number of halogens is 1. The molecule has 0 spiro atoms. The Morgan fingerprint density at radius 1 is 1.33 bits per heavy atom. The Morgan fingerprint density at radius 3 is 2.33 bits per heavy atom. The fourth-order valence-corrected chi connectivity index (χ4v) is 1.45. The Hall–Kier alpha value is -0.730. The largest absolute Gasteiger partial charge is 0.493 e. The van der Waals surface area contributed by atoms with Gasteiger partial charge in [0.05, 0.1) is 12.7 Å². The van der Waals surface area contributed by atoms with E-state index in [1.807, 2.05) is 26.0 Å². The van der Waals surface area contributed by atoms with Crippen LogP contribution < -0.4 is 4.74 Å². The van der Waals surface area contributed by atoms with Crippen molar-refractivity contribution in [2.45, 2.75) is 33.3 Å². The van der Waals surface area contributed by atoms with Gasteiger partial charge in [-0.3, -0.25) is 0 Å². The fourth-order valence-electron chi connectivity index (χ4n) is 1.34. The fraction of sp³-hybridized carbons (Fsp3) is 0.500. The van der Waals surface area contributed by atoms with Gasteiger partial charge in [0.1, 0.15) is 5.75 Å². The highest BCUT2D eigenvalue weighted by Gasteiger charge is 2.04. The summed E-state index contributed by atoms with van der Waals surface area (Å²) in [6.07, 6.45) is 0.320. The predicted molar refractivity (Wildman–Crippen MR) is 62.7 cm³/mol. The normalized spacial score (nSPS) is 12.6. The molecule has 1 unspecified atom stereocenters. The van der Waals surface area contributed by atoms with Crippen LogP contribution in [-0.2, 0) is 0 Å². The summed E-state index contributed by atoms with van der Waals surface area (Å²) in [6, 6.07) is 3.83. The molecule has 84 valence electrons. The Kier molecular flexibility index (Phi) is 4.43. The average Bonchev–Trinajstić information content (AvgIpc) is 2.13. The Balaban J connectivity index is 2.63. The molecular weight excluding hydrogens is 212 g/mol. The van der Waals surface area contributed by atoms with Gasteiger partial charge in [-0.1, -0.05) is 11.6 Å². The molecule has 15 heavy (non-hydrogen) atoms. The van der Waals surface area contributed by atoms with Crippen molar-refractivity contribution >= 4 is 11.6 Å². The lowest BCUT2D eigenvalue weighted by Gasteiger charge is -2.10. The van der Waals surface area contributed by atoms with E-state index in [1.165, 1.54) is 0 Å². The van der Waals surface area contributed by atoms with Gasteiger partial charge in [-0.15, -0.1) is 0 Å². The van der Waals surface area contributed by atoms with Gasteiger partial charge in [-0.25, -0.2) is 0 Å². The van der Waals surface area contributed by atoms with Crippen LogP contribution in [-0.4, -0.2) is 17.8 Å². The van der Waals surface area contributed by atoms with Gasteiger partial charge in [-0.2, -0.15) is 0 Å². The average molecular weight is 229 g/mol. The van der Waals surface area contributed by atoms with Gasteiger partial charge < -0.3 is 9.84 Å². The summed E-state index contributed by atoms with van der Waals surface area (Å²) >= 11 is 6.04. The molecule has 0 saturated carbocycles. The molecule has 1 atom stereocenters. The molecule has 0 aliphatic carbocycles. The van der Waals surface area contributed by atoms with Crippen molar-refractivity contribution in [3.05, 3.63) is 28.3 Å². The van der Waals surface area contributed by atoms with Crippen LogP contribution in [0.15, 0.2) is 12.1 Å². The lowest BCUT2D eigenvalue weighted by molar-refractivity contribution is 0.155. The number of benzene rings is 1. The lowest BCUT2D eigenvalue weighted by Crippen LogP contribution is -2.07.